The molecule has 2 aromatic heterocycles. The molecule has 0 atom stereocenters. The standard InChI is InChI=1S/C19H16N4O2/c1-2-23-12-14(11-20-23)18(24)21-15-9-7-13(8-10-15)19-22-16-5-3-4-6-17(16)25-19/h3-12H,2H2,1H3,(H,21,24). The monoisotopic (exact) mass is 332 g/mol. The van der Waals surface area contributed by atoms with Gasteiger partial charge in [-0.05, 0) is 43.3 Å². The van der Waals surface area contributed by atoms with Crippen molar-refractivity contribution in [3.63, 3.8) is 0 Å². The molecule has 1 amide bonds. The highest BCUT2D eigenvalue weighted by molar-refractivity contribution is 6.04. The largest absolute Gasteiger partial charge is 0.436 e. The molecule has 0 aliphatic carbocycles. The van der Waals surface area contributed by atoms with E-state index in [9.17, 15) is 4.79 Å². The summed E-state index contributed by atoms with van der Waals surface area (Å²) < 4.78 is 7.46. The highest BCUT2D eigenvalue weighted by Gasteiger charge is 2.10. The van der Waals surface area contributed by atoms with Crippen LogP contribution in [-0.2, 0) is 6.54 Å². The summed E-state index contributed by atoms with van der Waals surface area (Å²) in [6, 6.07) is 15.0. The van der Waals surface area contributed by atoms with Crippen molar-refractivity contribution in [2.45, 2.75) is 13.5 Å². The Hall–Kier alpha value is -3.41. The molecule has 1 N–H and O–H groups in total. The number of para-hydroxylation sites is 2. The third kappa shape index (κ3) is 3.01. The summed E-state index contributed by atoms with van der Waals surface area (Å²) in [6.45, 7) is 2.70. The normalized spacial score (nSPS) is 10.9. The number of nitrogens with zero attached hydrogens (tertiary/aromatic N) is 3. The summed E-state index contributed by atoms with van der Waals surface area (Å²) >= 11 is 0. The highest BCUT2D eigenvalue weighted by atomic mass is 16.3. The van der Waals surface area contributed by atoms with Crippen molar-refractivity contribution in [3.05, 3.63) is 66.5 Å². The van der Waals surface area contributed by atoms with E-state index in [-0.39, 0.29) is 5.91 Å². The van der Waals surface area contributed by atoms with Gasteiger partial charge in [0.05, 0.1) is 11.8 Å². The molecular weight excluding hydrogens is 316 g/mol. The number of benzene rings is 2. The van der Waals surface area contributed by atoms with Crippen LogP contribution in [0.3, 0.4) is 0 Å². The van der Waals surface area contributed by atoms with Gasteiger partial charge in [0, 0.05) is 24.0 Å². The Kier molecular flexibility index (Phi) is 3.78. The van der Waals surface area contributed by atoms with Crippen LogP contribution in [0, 0.1) is 0 Å². The van der Waals surface area contributed by atoms with E-state index in [1.165, 1.54) is 0 Å². The number of oxazole rings is 1. The van der Waals surface area contributed by atoms with Gasteiger partial charge >= 0.3 is 0 Å². The smallest absolute Gasteiger partial charge is 0.258 e. The van der Waals surface area contributed by atoms with Crippen LogP contribution in [0.5, 0.6) is 0 Å². The van der Waals surface area contributed by atoms with Crippen molar-refractivity contribution in [2.75, 3.05) is 5.32 Å². The van der Waals surface area contributed by atoms with Crippen molar-refractivity contribution in [1.29, 1.82) is 0 Å². The summed E-state index contributed by atoms with van der Waals surface area (Å²) in [6.07, 6.45) is 3.29. The number of fused-ring (bicyclic) bond motifs is 1. The lowest BCUT2D eigenvalue weighted by Crippen LogP contribution is -2.11. The minimum absolute atomic E-state index is 0.186. The van der Waals surface area contributed by atoms with Crippen LogP contribution >= 0.6 is 0 Å². The molecule has 2 heterocycles. The first-order chi connectivity index (χ1) is 12.2. The van der Waals surface area contributed by atoms with E-state index in [0.717, 1.165) is 23.2 Å². The second-order valence-electron chi connectivity index (χ2n) is 5.60. The first-order valence-electron chi connectivity index (χ1n) is 8.03. The van der Waals surface area contributed by atoms with E-state index < -0.39 is 0 Å². The Morgan fingerprint density at radius 3 is 2.68 bits per heavy atom. The van der Waals surface area contributed by atoms with Gasteiger partial charge in [0.2, 0.25) is 5.89 Å². The molecule has 0 aliphatic heterocycles. The van der Waals surface area contributed by atoms with E-state index in [1.54, 1.807) is 17.1 Å². The molecule has 4 aromatic rings. The zero-order chi connectivity index (χ0) is 17.2. The molecule has 0 radical (unpaired) electrons. The van der Waals surface area contributed by atoms with E-state index in [4.69, 9.17) is 4.42 Å². The second-order valence-corrected chi connectivity index (χ2v) is 5.60. The number of carbonyl (C=O) groups is 1. The van der Waals surface area contributed by atoms with Gasteiger partial charge in [0.1, 0.15) is 5.52 Å². The average Bonchev–Trinajstić information content (AvgIpc) is 3.29. The number of aryl methyl sites for hydroxylation is 1. The summed E-state index contributed by atoms with van der Waals surface area (Å²) in [4.78, 5) is 16.7. The van der Waals surface area contributed by atoms with Gasteiger partial charge in [0.25, 0.3) is 5.91 Å². The molecule has 0 fully saturated rings. The van der Waals surface area contributed by atoms with Gasteiger partial charge in [-0.3, -0.25) is 9.48 Å². The quantitative estimate of drug-likeness (QED) is 0.614. The minimum Gasteiger partial charge on any atom is -0.436 e. The van der Waals surface area contributed by atoms with Crippen molar-refractivity contribution >= 4 is 22.7 Å². The van der Waals surface area contributed by atoms with Crippen LogP contribution < -0.4 is 5.32 Å². The first kappa shape index (κ1) is 15.1. The maximum absolute atomic E-state index is 12.2. The lowest BCUT2D eigenvalue weighted by Gasteiger charge is -2.04. The van der Waals surface area contributed by atoms with Crippen molar-refractivity contribution < 1.29 is 9.21 Å². The van der Waals surface area contributed by atoms with Crippen LogP contribution in [0.4, 0.5) is 5.69 Å². The van der Waals surface area contributed by atoms with Gasteiger partial charge in [-0.1, -0.05) is 12.1 Å². The van der Waals surface area contributed by atoms with Crippen LogP contribution in [0.1, 0.15) is 17.3 Å². The Balaban J connectivity index is 1.52. The van der Waals surface area contributed by atoms with Gasteiger partial charge in [-0.2, -0.15) is 5.10 Å². The highest BCUT2D eigenvalue weighted by Crippen LogP contribution is 2.25. The fourth-order valence-electron chi connectivity index (χ4n) is 2.55. The number of hydrogen-bond donors (Lipinski definition) is 1. The summed E-state index contributed by atoms with van der Waals surface area (Å²) in [5, 5.41) is 6.96. The average molecular weight is 332 g/mol. The second kappa shape index (κ2) is 6.24. The Bertz CT molecular complexity index is 998. The molecule has 4 rings (SSSR count). The van der Waals surface area contributed by atoms with Crippen molar-refractivity contribution in [2.24, 2.45) is 0 Å². The maximum atomic E-state index is 12.2. The number of amides is 1. The molecule has 6 nitrogen and oxygen atoms in total. The third-order valence-electron chi connectivity index (χ3n) is 3.90. The lowest BCUT2D eigenvalue weighted by molar-refractivity contribution is 0.102. The van der Waals surface area contributed by atoms with E-state index in [1.807, 2.05) is 55.5 Å². The zero-order valence-corrected chi connectivity index (χ0v) is 13.6. The SMILES string of the molecule is CCn1cc(C(=O)Nc2ccc(-c3nc4ccccc4o3)cc2)cn1. The maximum Gasteiger partial charge on any atom is 0.258 e. The molecule has 0 unspecified atom stereocenters. The number of nitrogens with one attached hydrogen (secondary N) is 1. The van der Waals surface area contributed by atoms with E-state index in [2.05, 4.69) is 15.4 Å². The van der Waals surface area contributed by atoms with Gasteiger partial charge < -0.3 is 9.73 Å². The number of aromatic nitrogens is 3. The molecule has 0 spiro atoms. The fourth-order valence-corrected chi connectivity index (χ4v) is 2.55. The molecule has 25 heavy (non-hydrogen) atoms. The molecule has 124 valence electrons. The van der Waals surface area contributed by atoms with Crippen LogP contribution in [0.25, 0.3) is 22.6 Å². The van der Waals surface area contributed by atoms with Crippen LogP contribution in [0.2, 0.25) is 0 Å². The molecule has 6 heteroatoms. The fraction of sp³-hybridized carbons (Fsp3) is 0.105. The Labute approximate surface area is 144 Å². The van der Waals surface area contributed by atoms with Crippen molar-refractivity contribution in [1.82, 2.24) is 14.8 Å². The number of carbonyl (C=O) groups excluding carboxylic acids is 1. The van der Waals surface area contributed by atoms with Crippen molar-refractivity contribution in [3.8, 4) is 11.5 Å². The molecule has 0 saturated heterocycles. The topological polar surface area (TPSA) is 73.0 Å². The van der Waals surface area contributed by atoms with Crippen LogP contribution in [-0.4, -0.2) is 20.7 Å². The molecule has 2 aromatic carbocycles. The molecular formula is C19H16N4O2. The summed E-state index contributed by atoms with van der Waals surface area (Å²) in [5.41, 5.74) is 3.66. The van der Waals surface area contributed by atoms with E-state index >= 15 is 0 Å². The Morgan fingerprint density at radius 2 is 1.96 bits per heavy atom. The zero-order valence-electron chi connectivity index (χ0n) is 13.6. The van der Waals surface area contributed by atoms with Gasteiger partial charge in [-0.25, -0.2) is 4.98 Å². The van der Waals surface area contributed by atoms with Crippen LogP contribution in [0.15, 0.2) is 65.3 Å². The predicted molar refractivity (Wildman–Crippen MR) is 95.3 cm³/mol. The number of hydrogen-bond acceptors (Lipinski definition) is 4. The third-order valence-corrected chi connectivity index (χ3v) is 3.90. The molecule has 0 aliphatic rings. The number of anilines is 1. The summed E-state index contributed by atoms with van der Waals surface area (Å²) in [5.74, 6) is 0.373. The molecule has 0 bridgehead atoms. The number of rotatable bonds is 4. The Morgan fingerprint density at radius 1 is 1.16 bits per heavy atom. The lowest BCUT2D eigenvalue weighted by atomic mass is 10.2. The summed E-state index contributed by atoms with van der Waals surface area (Å²) in [7, 11) is 0. The minimum atomic E-state index is -0.186. The van der Waals surface area contributed by atoms with E-state index in [0.29, 0.717) is 17.1 Å². The van der Waals surface area contributed by atoms with Gasteiger partial charge in [0.15, 0.2) is 5.58 Å². The molecule has 0 saturated carbocycles. The predicted octanol–water partition coefficient (Wildman–Crippen LogP) is 3.96. The first-order valence-corrected chi connectivity index (χ1v) is 8.03. The van der Waals surface area contributed by atoms with Gasteiger partial charge in [-0.15, -0.1) is 0 Å².